The lowest BCUT2D eigenvalue weighted by Gasteiger charge is -2.38. The summed E-state index contributed by atoms with van der Waals surface area (Å²) in [6.45, 7) is 0.173. The molecular weight excluding hydrogens is 356 g/mol. The highest BCUT2D eigenvalue weighted by molar-refractivity contribution is 6.12. The topological polar surface area (TPSA) is 60.0 Å². The van der Waals surface area contributed by atoms with Crippen molar-refractivity contribution in [3.8, 4) is 17.2 Å². The highest BCUT2D eigenvalue weighted by Gasteiger charge is 2.36. The molecule has 1 N–H and O–H groups in total. The summed E-state index contributed by atoms with van der Waals surface area (Å²) in [6.07, 6.45) is -0.438. The quantitative estimate of drug-likeness (QED) is 0.745. The number of methoxy groups -OCH3 is 1. The molecule has 3 aromatic rings. The van der Waals surface area contributed by atoms with E-state index in [1.807, 2.05) is 66.7 Å². The zero-order chi connectivity index (χ0) is 19.1. The summed E-state index contributed by atoms with van der Waals surface area (Å²) >= 11 is 0. The van der Waals surface area contributed by atoms with Gasteiger partial charge in [0.1, 0.15) is 11.9 Å². The second kappa shape index (κ2) is 6.49. The second-order valence-corrected chi connectivity index (χ2v) is 6.55. The molecule has 0 saturated carbocycles. The molecule has 0 spiro atoms. The van der Waals surface area contributed by atoms with Crippen molar-refractivity contribution in [2.75, 3.05) is 24.1 Å². The van der Waals surface area contributed by atoms with E-state index in [0.717, 1.165) is 22.7 Å². The molecule has 0 bridgehead atoms. The SMILES string of the molecule is COc1ccc(N2C(=O)c3ccccc3NC2c2cccc3c2OCO3)cc1. The summed E-state index contributed by atoms with van der Waals surface area (Å²) in [5.74, 6) is 1.99. The van der Waals surface area contributed by atoms with Gasteiger partial charge in [0, 0.05) is 16.9 Å². The smallest absolute Gasteiger partial charge is 0.262 e. The number of hydrogen-bond acceptors (Lipinski definition) is 5. The van der Waals surface area contributed by atoms with E-state index in [2.05, 4.69) is 5.32 Å². The van der Waals surface area contributed by atoms with Crippen molar-refractivity contribution < 1.29 is 19.0 Å². The largest absolute Gasteiger partial charge is 0.497 e. The molecule has 0 aliphatic carbocycles. The third-order valence-electron chi connectivity index (χ3n) is 5.00. The summed E-state index contributed by atoms with van der Waals surface area (Å²) < 4.78 is 16.5. The van der Waals surface area contributed by atoms with Crippen molar-refractivity contribution in [2.45, 2.75) is 6.17 Å². The molecule has 0 radical (unpaired) electrons. The van der Waals surface area contributed by atoms with Crippen molar-refractivity contribution in [2.24, 2.45) is 0 Å². The van der Waals surface area contributed by atoms with Crippen LogP contribution in [0.1, 0.15) is 22.1 Å². The highest BCUT2D eigenvalue weighted by Crippen LogP contribution is 2.44. The number of ether oxygens (including phenoxy) is 3. The number of carbonyl (C=O) groups excluding carboxylic acids is 1. The molecule has 3 aromatic carbocycles. The van der Waals surface area contributed by atoms with E-state index in [1.165, 1.54) is 0 Å². The van der Waals surface area contributed by atoms with Gasteiger partial charge in [0.15, 0.2) is 11.5 Å². The molecule has 0 fully saturated rings. The van der Waals surface area contributed by atoms with Crippen molar-refractivity contribution in [1.29, 1.82) is 0 Å². The minimum absolute atomic E-state index is 0.0824. The van der Waals surface area contributed by atoms with Crippen LogP contribution in [0.4, 0.5) is 11.4 Å². The first-order chi connectivity index (χ1) is 13.8. The van der Waals surface area contributed by atoms with E-state index in [-0.39, 0.29) is 12.7 Å². The van der Waals surface area contributed by atoms with E-state index in [4.69, 9.17) is 14.2 Å². The number of fused-ring (bicyclic) bond motifs is 2. The average molecular weight is 374 g/mol. The van der Waals surface area contributed by atoms with Crippen molar-refractivity contribution >= 4 is 17.3 Å². The van der Waals surface area contributed by atoms with Crippen LogP contribution in [0.3, 0.4) is 0 Å². The second-order valence-electron chi connectivity index (χ2n) is 6.55. The lowest BCUT2D eigenvalue weighted by molar-refractivity contribution is 0.0974. The Kier molecular flexibility index (Phi) is 3.83. The van der Waals surface area contributed by atoms with Crippen molar-refractivity contribution in [3.05, 3.63) is 77.9 Å². The van der Waals surface area contributed by atoms with Crippen LogP contribution in [0.25, 0.3) is 0 Å². The number of hydrogen-bond donors (Lipinski definition) is 1. The first-order valence-electron chi connectivity index (χ1n) is 8.98. The van der Waals surface area contributed by atoms with Gasteiger partial charge in [-0.25, -0.2) is 0 Å². The fraction of sp³-hybridized carbons (Fsp3) is 0.136. The van der Waals surface area contributed by atoms with Gasteiger partial charge >= 0.3 is 0 Å². The first-order valence-corrected chi connectivity index (χ1v) is 8.98. The number of carbonyl (C=O) groups is 1. The molecule has 1 atom stereocenters. The Morgan fingerprint density at radius 3 is 2.64 bits per heavy atom. The molecule has 140 valence electrons. The number of rotatable bonds is 3. The fourth-order valence-electron chi connectivity index (χ4n) is 3.65. The molecule has 2 heterocycles. The Morgan fingerprint density at radius 1 is 1.00 bits per heavy atom. The van der Waals surface area contributed by atoms with Gasteiger partial charge in [0.05, 0.1) is 12.7 Å². The van der Waals surface area contributed by atoms with Crippen LogP contribution in [-0.2, 0) is 0 Å². The van der Waals surface area contributed by atoms with E-state index >= 15 is 0 Å². The van der Waals surface area contributed by atoms with Crippen LogP contribution >= 0.6 is 0 Å². The number of amides is 1. The standard InChI is InChI=1S/C22H18N2O4/c1-26-15-11-9-14(10-12-15)24-21(17-6-4-8-19-20(17)28-13-27-19)23-18-7-3-2-5-16(18)22(24)25/h2-12,21,23H,13H2,1H3. The van der Waals surface area contributed by atoms with Crippen LogP contribution in [0.5, 0.6) is 17.2 Å². The van der Waals surface area contributed by atoms with Gasteiger partial charge in [-0.15, -0.1) is 0 Å². The lowest BCUT2D eigenvalue weighted by atomic mass is 10.0. The van der Waals surface area contributed by atoms with E-state index in [9.17, 15) is 4.79 Å². The van der Waals surface area contributed by atoms with Crippen molar-refractivity contribution in [3.63, 3.8) is 0 Å². The average Bonchev–Trinajstić information content (AvgIpc) is 3.23. The Balaban J connectivity index is 1.66. The van der Waals surface area contributed by atoms with Gasteiger partial charge in [-0.2, -0.15) is 0 Å². The number of nitrogens with zero attached hydrogens (tertiary/aromatic N) is 1. The molecule has 5 rings (SSSR count). The highest BCUT2D eigenvalue weighted by atomic mass is 16.7. The maximum Gasteiger partial charge on any atom is 0.262 e. The molecular formula is C22H18N2O4. The zero-order valence-corrected chi connectivity index (χ0v) is 15.2. The van der Waals surface area contributed by atoms with E-state index < -0.39 is 6.17 Å². The number of para-hydroxylation sites is 2. The molecule has 6 nitrogen and oxygen atoms in total. The lowest BCUT2D eigenvalue weighted by Crippen LogP contribution is -2.43. The Morgan fingerprint density at radius 2 is 1.82 bits per heavy atom. The Labute approximate surface area is 162 Å². The van der Waals surface area contributed by atoms with Gasteiger partial charge in [-0.1, -0.05) is 24.3 Å². The Bertz CT molecular complexity index is 1050. The maximum atomic E-state index is 13.4. The number of benzene rings is 3. The van der Waals surface area contributed by atoms with Crippen LogP contribution < -0.4 is 24.4 Å². The number of anilines is 2. The van der Waals surface area contributed by atoms with Crippen LogP contribution in [0.15, 0.2) is 66.7 Å². The van der Waals surface area contributed by atoms with Gasteiger partial charge in [-0.3, -0.25) is 9.69 Å². The van der Waals surface area contributed by atoms with Crippen molar-refractivity contribution in [1.82, 2.24) is 0 Å². The predicted molar refractivity (Wildman–Crippen MR) is 105 cm³/mol. The van der Waals surface area contributed by atoms with Gasteiger partial charge in [-0.05, 0) is 42.5 Å². The van der Waals surface area contributed by atoms with E-state index in [1.54, 1.807) is 12.0 Å². The molecule has 0 aromatic heterocycles. The van der Waals surface area contributed by atoms with Crippen LogP contribution in [-0.4, -0.2) is 19.8 Å². The fourth-order valence-corrected chi connectivity index (χ4v) is 3.65. The summed E-state index contributed by atoms with van der Waals surface area (Å²) in [4.78, 5) is 15.2. The first kappa shape index (κ1) is 16.5. The zero-order valence-electron chi connectivity index (χ0n) is 15.2. The van der Waals surface area contributed by atoms with Gasteiger partial charge in [0.25, 0.3) is 5.91 Å². The summed E-state index contributed by atoms with van der Waals surface area (Å²) in [5.41, 5.74) is 3.01. The summed E-state index contributed by atoms with van der Waals surface area (Å²) in [5, 5.41) is 3.49. The molecule has 1 amide bonds. The minimum atomic E-state index is -0.438. The molecule has 6 heteroatoms. The molecule has 28 heavy (non-hydrogen) atoms. The molecule has 2 aliphatic rings. The van der Waals surface area contributed by atoms with Crippen LogP contribution in [0, 0.1) is 0 Å². The maximum absolute atomic E-state index is 13.4. The molecule has 0 saturated heterocycles. The predicted octanol–water partition coefficient (Wildman–Crippen LogP) is 4.20. The van der Waals surface area contributed by atoms with Crippen LogP contribution in [0.2, 0.25) is 0 Å². The third kappa shape index (κ3) is 2.53. The van der Waals surface area contributed by atoms with Gasteiger partial charge in [0.2, 0.25) is 6.79 Å². The Hall–Kier alpha value is -3.67. The monoisotopic (exact) mass is 374 g/mol. The minimum Gasteiger partial charge on any atom is -0.497 e. The normalized spacial score (nSPS) is 17.1. The molecule has 1 unspecified atom stereocenters. The van der Waals surface area contributed by atoms with E-state index in [0.29, 0.717) is 17.1 Å². The molecule has 2 aliphatic heterocycles. The van der Waals surface area contributed by atoms with Gasteiger partial charge < -0.3 is 19.5 Å². The number of nitrogens with one attached hydrogen (secondary N) is 1. The third-order valence-corrected chi connectivity index (χ3v) is 5.00. The summed E-state index contributed by atoms with van der Waals surface area (Å²) in [7, 11) is 1.62. The summed E-state index contributed by atoms with van der Waals surface area (Å²) in [6, 6.07) is 20.7.